The lowest BCUT2D eigenvalue weighted by molar-refractivity contribution is -0.385. The van der Waals surface area contributed by atoms with Gasteiger partial charge < -0.3 is 4.90 Å². The Hall–Kier alpha value is -1.62. The molecule has 6 heteroatoms. The fourth-order valence-electron chi connectivity index (χ4n) is 2.16. The highest BCUT2D eigenvalue weighted by molar-refractivity contribution is 6.31. The molecule has 1 aliphatic carbocycles. The molecule has 20 heavy (non-hydrogen) atoms. The molecule has 1 fully saturated rings. The maximum atomic E-state index is 12.6. The van der Waals surface area contributed by atoms with Gasteiger partial charge in [0.05, 0.1) is 4.92 Å². The van der Waals surface area contributed by atoms with Crippen molar-refractivity contribution >= 4 is 23.2 Å². The van der Waals surface area contributed by atoms with Crippen LogP contribution < -0.4 is 0 Å². The number of carbonyl (C=O) groups is 1. The maximum absolute atomic E-state index is 12.6. The number of hydrogen-bond acceptors (Lipinski definition) is 3. The topological polar surface area (TPSA) is 63.5 Å². The predicted molar refractivity (Wildman–Crippen MR) is 77.1 cm³/mol. The van der Waals surface area contributed by atoms with Crippen LogP contribution in [0.25, 0.3) is 0 Å². The van der Waals surface area contributed by atoms with E-state index in [0.717, 1.165) is 25.7 Å². The van der Waals surface area contributed by atoms with E-state index in [0.29, 0.717) is 11.6 Å². The van der Waals surface area contributed by atoms with Crippen molar-refractivity contribution in [3.05, 3.63) is 38.9 Å². The zero-order valence-corrected chi connectivity index (χ0v) is 12.1. The summed E-state index contributed by atoms with van der Waals surface area (Å²) in [7, 11) is 0. The molecular weight excluding hydrogens is 280 g/mol. The average Bonchev–Trinajstić information content (AvgIpc) is 3.23. The van der Waals surface area contributed by atoms with Crippen molar-refractivity contribution in [1.29, 1.82) is 0 Å². The number of rotatable bonds is 6. The summed E-state index contributed by atoms with van der Waals surface area (Å²) in [5.74, 6) is -0.282. The van der Waals surface area contributed by atoms with E-state index in [4.69, 9.17) is 11.6 Å². The van der Waals surface area contributed by atoms with Crippen molar-refractivity contribution in [2.75, 3.05) is 6.54 Å². The van der Waals surface area contributed by atoms with Crippen LogP contribution in [0.3, 0.4) is 0 Å². The van der Waals surface area contributed by atoms with E-state index in [1.54, 1.807) is 4.90 Å². The SMILES string of the molecule is CCCCN(C(=O)c1cc(Cl)ccc1[N+](=O)[O-])C1CC1. The summed E-state index contributed by atoms with van der Waals surface area (Å²) < 4.78 is 0. The van der Waals surface area contributed by atoms with Gasteiger partial charge in [-0.15, -0.1) is 0 Å². The van der Waals surface area contributed by atoms with Gasteiger partial charge in [-0.05, 0) is 31.4 Å². The lowest BCUT2D eigenvalue weighted by atomic mass is 10.1. The van der Waals surface area contributed by atoms with E-state index >= 15 is 0 Å². The third-order valence-corrected chi connectivity index (χ3v) is 3.62. The summed E-state index contributed by atoms with van der Waals surface area (Å²) in [5, 5.41) is 11.4. The summed E-state index contributed by atoms with van der Waals surface area (Å²) in [6, 6.07) is 4.35. The second-order valence-corrected chi connectivity index (χ2v) is 5.44. The van der Waals surface area contributed by atoms with Crippen molar-refractivity contribution in [2.24, 2.45) is 0 Å². The third kappa shape index (κ3) is 3.28. The molecule has 1 aliphatic rings. The van der Waals surface area contributed by atoms with Crippen molar-refractivity contribution < 1.29 is 9.72 Å². The van der Waals surface area contributed by atoms with Crippen molar-refractivity contribution in [3.63, 3.8) is 0 Å². The van der Waals surface area contributed by atoms with Gasteiger partial charge in [0.25, 0.3) is 11.6 Å². The minimum Gasteiger partial charge on any atom is -0.335 e. The van der Waals surface area contributed by atoms with Gasteiger partial charge >= 0.3 is 0 Å². The molecule has 0 radical (unpaired) electrons. The lowest BCUT2D eigenvalue weighted by Crippen LogP contribution is -2.34. The number of nitro benzene ring substituents is 1. The van der Waals surface area contributed by atoms with Crippen LogP contribution in [0.2, 0.25) is 5.02 Å². The molecule has 0 unspecified atom stereocenters. The van der Waals surface area contributed by atoms with Gasteiger partial charge in [-0.25, -0.2) is 0 Å². The average molecular weight is 297 g/mol. The van der Waals surface area contributed by atoms with Gasteiger partial charge in [0.2, 0.25) is 0 Å². The predicted octanol–water partition coefficient (Wildman–Crippen LogP) is 3.65. The first-order valence-electron chi connectivity index (χ1n) is 6.79. The summed E-state index contributed by atoms with van der Waals surface area (Å²) >= 11 is 5.88. The Morgan fingerprint density at radius 1 is 1.50 bits per heavy atom. The number of unbranched alkanes of at least 4 members (excludes halogenated alkanes) is 1. The first-order valence-corrected chi connectivity index (χ1v) is 7.17. The maximum Gasteiger partial charge on any atom is 0.282 e. The van der Waals surface area contributed by atoms with Gasteiger partial charge in [0, 0.05) is 23.7 Å². The van der Waals surface area contributed by atoms with Gasteiger partial charge in [-0.3, -0.25) is 14.9 Å². The largest absolute Gasteiger partial charge is 0.335 e. The van der Waals surface area contributed by atoms with Crippen molar-refractivity contribution in [1.82, 2.24) is 4.90 Å². The Bertz CT molecular complexity index is 529. The second kappa shape index (κ2) is 6.22. The van der Waals surface area contributed by atoms with Gasteiger partial charge in [0.1, 0.15) is 5.56 Å². The summed E-state index contributed by atoms with van der Waals surface area (Å²) in [5.41, 5.74) is -0.0907. The molecule has 108 valence electrons. The van der Waals surface area contributed by atoms with E-state index in [1.807, 2.05) is 0 Å². The Morgan fingerprint density at radius 2 is 2.20 bits per heavy atom. The Balaban J connectivity index is 2.30. The molecule has 0 heterocycles. The molecule has 1 aromatic rings. The van der Waals surface area contributed by atoms with Crippen LogP contribution in [-0.2, 0) is 0 Å². The number of benzene rings is 1. The van der Waals surface area contributed by atoms with Crippen LogP contribution in [0, 0.1) is 10.1 Å². The Labute approximate surface area is 122 Å². The fraction of sp³-hybridized carbons (Fsp3) is 0.500. The minimum atomic E-state index is -0.533. The standard InChI is InChI=1S/C14H17ClN2O3/c1-2-3-8-16(11-5-6-11)14(18)12-9-10(15)4-7-13(12)17(19)20/h4,7,9,11H,2-3,5-6,8H2,1H3. The molecule has 1 saturated carbocycles. The Kier molecular flexibility index (Phi) is 4.60. The van der Waals surface area contributed by atoms with Crippen LogP contribution >= 0.6 is 11.6 Å². The van der Waals surface area contributed by atoms with Crippen LogP contribution in [0.1, 0.15) is 43.0 Å². The molecule has 0 aliphatic heterocycles. The second-order valence-electron chi connectivity index (χ2n) is 5.00. The zero-order valence-electron chi connectivity index (χ0n) is 11.3. The third-order valence-electron chi connectivity index (χ3n) is 3.39. The summed E-state index contributed by atoms with van der Waals surface area (Å²) in [4.78, 5) is 24.8. The van der Waals surface area contributed by atoms with Gasteiger partial charge in [-0.2, -0.15) is 0 Å². The number of carbonyl (C=O) groups excluding carboxylic acids is 1. The highest BCUT2D eigenvalue weighted by atomic mass is 35.5. The first-order chi connectivity index (χ1) is 9.54. The van der Waals surface area contributed by atoms with Crippen LogP contribution in [0.5, 0.6) is 0 Å². The number of nitrogens with zero attached hydrogens (tertiary/aromatic N) is 2. The van der Waals surface area contributed by atoms with Crippen LogP contribution in [0.4, 0.5) is 5.69 Å². The number of amides is 1. The lowest BCUT2D eigenvalue weighted by Gasteiger charge is -2.22. The monoisotopic (exact) mass is 296 g/mol. The Morgan fingerprint density at radius 3 is 2.75 bits per heavy atom. The molecule has 0 aromatic heterocycles. The van der Waals surface area contributed by atoms with E-state index in [1.165, 1.54) is 18.2 Å². The first kappa shape index (κ1) is 14.8. The van der Waals surface area contributed by atoms with Crippen molar-refractivity contribution in [3.8, 4) is 0 Å². The molecule has 0 atom stereocenters. The zero-order chi connectivity index (χ0) is 14.7. The van der Waals surface area contributed by atoms with Crippen LogP contribution in [0.15, 0.2) is 18.2 Å². The minimum absolute atomic E-state index is 0.0884. The number of hydrogen-bond donors (Lipinski definition) is 0. The fourth-order valence-corrected chi connectivity index (χ4v) is 2.33. The molecule has 2 rings (SSSR count). The summed E-state index contributed by atoms with van der Waals surface area (Å²) in [6.07, 6.45) is 3.83. The molecular formula is C14H17ClN2O3. The molecule has 0 saturated heterocycles. The summed E-state index contributed by atoms with van der Waals surface area (Å²) in [6.45, 7) is 2.70. The normalized spacial score (nSPS) is 14.1. The molecule has 0 spiro atoms. The van der Waals surface area contributed by atoms with Gasteiger partial charge in [0.15, 0.2) is 0 Å². The molecule has 1 aromatic carbocycles. The van der Waals surface area contributed by atoms with Crippen molar-refractivity contribution in [2.45, 2.75) is 38.6 Å². The number of nitro groups is 1. The molecule has 1 amide bonds. The van der Waals surface area contributed by atoms with Crippen LogP contribution in [-0.4, -0.2) is 28.3 Å². The molecule has 5 nitrogen and oxygen atoms in total. The van der Waals surface area contributed by atoms with E-state index in [-0.39, 0.29) is 23.2 Å². The smallest absolute Gasteiger partial charge is 0.282 e. The highest BCUT2D eigenvalue weighted by Gasteiger charge is 2.35. The molecule has 0 bridgehead atoms. The molecule has 0 N–H and O–H groups in total. The van der Waals surface area contributed by atoms with E-state index in [2.05, 4.69) is 6.92 Å². The highest BCUT2D eigenvalue weighted by Crippen LogP contribution is 2.31. The van der Waals surface area contributed by atoms with E-state index < -0.39 is 4.92 Å². The number of halogens is 1. The van der Waals surface area contributed by atoms with E-state index in [9.17, 15) is 14.9 Å². The van der Waals surface area contributed by atoms with Gasteiger partial charge in [-0.1, -0.05) is 24.9 Å². The quantitative estimate of drug-likeness (QED) is 0.594.